The van der Waals surface area contributed by atoms with Crippen LogP contribution in [0.25, 0.3) is 21.9 Å². The van der Waals surface area contributed by atoms with Crippen molar-refractivity contribution in [3.05, 3.63) is 53.4 Å². The van der Waals surface area contributed by atoms with Gasteiger partial charge < -0.3 is 5.73 Å². The lowest BCUT2D eigenvalue weighted by molar-refractivity contribution is 1.19. The SMILES string of the molecule is CCc1cc(-c2ccc3ccccc3c2)c(N)s1. The molecule has 0 radical (unpaired) electrons. The van der Waals surface area contributed by atoms with E-state index < -0.39 is 0 Å². The van der Waals surface area contributed by atoms with Crippen LogP contribution in [0.2, 0.25) is 0 Å². The zero-order valence-corrected chi connectivity index (χ0v) is 11.1. The van der Waals surface area contributed by atoms with E-state index in [0.29, 0.717) is 0 Å². The van der Waals surface area contributed by atoms with Gasteiger partial charge in [0.05, 0.1) is 5.00 Å². The standard InChI is InChI=1S/C16H15NS/c1-2-14-10-15(16(17)18-14)13-8-7-11-5-3-4-6-12(11)9-13/h3-10H,2,17H2,1H3. The highest BCUT2D eigenvalue weighted by molar-refractivity contribution is 7.16. The maximum atomic E-state index is 6.11. The van der Waals surface area contributed by atoms with Gasteiger partial charge >= 0.3 is 0 Å². The molecule has 1 heterocycles. The Balaban J connectivity index is 2.15. The first-order valence-electron chi connectivity index (χ1n) is 6.15. The molecule has 0 bridgehead atoms. The molecule has 2 aromatic carbocycles. The Labute approximate surface area is 111 Å². The number of rotatable bonds is 2. The molecule has 0 aliphatic carbocycles. The number of nitrogens with two attached hydrogens (primary N) is 1. The second-order valence-electron chi connectivity index (χ2n) is 4.41. The Bertz CT molecular complexity index is 697. The molecule has 1 aromatic heterocycles. The summed E-state index contributed by atoms with van der Waals surface area (Å²) in [5, 5.41) is 3.45. The lowest BCUT2D eigenvalue weighted by Gasteiger charge is -2.03. The first-order chi connectivity index (χ1) is 8.78. The molecule has 0 aliphatic heterocycles. The summed E-state index contributed by atoms with van der Waals surface area (Å²) < 4.78 is 0. The van der Waals surface area contributed by atoms with Crippen LogP contribution in [0.5, 0.6) is 0 Å². The summed E-state index contributed by atoms with van der Waals surface area (Å²) in [4.78, 5) is 1.34. The van der Waals surface area contributed by atoms with Gasteiger partial charge in [0.2, 0.25) is 0 Å². The number of benzene rings is 2. The third kappa shape index (κ3) is 1.89. The molecule has 90 valence electrons. The number of hydrogen-bond donors (Lipinski definition) is 1. The van der Waals surface area contributed by atoms with Crippen LogP contribution in [-0.4, -0.2) is 0 Å². The van der Waals surface area contributed by atoms with Crippen molar-refractivity contribution in [2.24, 2.45) is 0 Å². The van der Waals surface area contributed by atoms with E-state index in [2.05, 4.69) is 55.5 Å². The third-order valence-electron chi connectivity index (χ3n) is 3.22. The Hall–Kier alpha value is -1.80. The Morgan fingerprint density at radius 1 is 1.00 bits per heavy atom. The van der Waals surface area contributed by atoms with E-state index in [0.717, 1.165) is 11.4 Å². The second-order valence-corrected chi connectivity index (χ2v) is 5.57. The van der Waals surface area contributed by atoms with Crippen molar-refractivity contribution in [1.82, 2.24) is 0 Å². The summed E-state index contributed by atoms with van der Waals surface area (Å²) in [6.07, 6.45) is 1.04. The smallest absolute Gasteiger partial charge is 0.0938 e. The molecule has 2 heteroatoms. The molecule has 0 atom stereocenters. The van der Waals surface area contributed by atoms with Crippen molar-refractivity contribution in [3.8, 4) is 11.1 Å². The topological polar surface area (TPSA) is 26.0 Å². The van der Waals surface area contributed by atoms with Crippen LogP contribution in [-0.2, 0) is 6.42 Å². The van der Waals surface area contributed by atoms with E-state index in [-0.39, 0.29) is 0 Å². The van der Waals surface area contributed by atoms with Gasteiger partial charge in [-0.3, -0.25) is 0 Å². The number of nitrogen functional groups attached to an aromatic ring is 1. The summed E-state index contributed by atoms with van der Waals surface area (Å²) in [6, 6.07) is 17.2. The van der Waals surface area contributed by atoms with Crippen LogP contribution in [0, 0.1) is 0 Å². The fraction of sp³-hybridized carbons (Fsp3) is 0.125. The van der Waals surface area contributed by atoms with Crippen molar-refractivity contribution < 1.29 is 0 Å². The minimum Gasteiger partial charge on any atom is -0.390 e. The van der Waals surface area contributed by atoms with Crippen molar-refractivity contribution in [2.75, 3.05) is 5.73 Å². The van der Waals surface area contributed by atoms with Gasteiger partial charge in [-0.15, -0.1) is 11.3 Å². The van der Waals surface area contributed by atoms with Gasteiger partial charge in [-0.25, -0.2) is 0 Å². The first kappa shape index (κ1) is 11.3. The van der Waals surface area contributed by atoms with Crippen LogP contribution >= 0.6 is 11.3 Å². The highest BCUT2D eigenvalue weighted by atomic mass is 32.1. The number of aryl methyl sites for hydroxylation is 1. The molecular weight excluding hydrogens is 238 g/mol. The molecule has 0 spiro atoms. The quantitative estimate of drug-likeness (QED) is 0.703. The number of anilines is 1. The average molecular weight is 253 g/mol. The lowest BCUT2D eigenvalue weighted by atomic mass is 10.0. The van der Waals surface area contributed by atoms with Gasteiger partial charge in [0.25, 0.3) is 0 Å². The first-order valence-corrected chi connectivity index (χ1v) is 6.97. The molecule has 3 rings (SSSR count). The van der Waals surface area contributed by atoms with Crippen LogP contribution in [0.4, 0.5) is 5.00 Å². The zero-order chi connectivity index (χ0) is 12.5. The molecule has 0 aliphatic rings. The van der Waals surface area contributed by atoms with E-state index in [1.807, 2.05) is 0 Å². The summed E-state index contributed by atoms with van der Waals surface area (Å²) in [6.45, 7) is 2.16. The zero-order valence-electron chi connectivity index (χ0n) is 10.3. The molecule has 0 saturated heterocycles. The van der Waals surface area contributed by atoms with Crippen LogP contribution in [0.3, 0.4) is 0 Å². The predicted molar refractivity (Wildman–Crippen MR) is 81.1 cm³/mol. The van der Waals surface area contributed by atoms with Gasteiger partial charge in [-0.2, -0.15) is 0 Å². The molecule has 1 nitrogen and oxygen atoms in total. The normalized spacial score (nSPS) is 10.9. The Morgan fingerprint density at radius 3 is 2.50 bits per heavy atom. The summed E-state index contributed by atoms with van der Waals surface area (Å²) >= 11 is 1.69. The summed E-state index contributed by atoms with van der Waals surface area (Å²) in [5.41, 5.74) is 8.49. The molecular formula is C16H15NS. The monoisotopic (exact) mass is 253 g/mol. The second kappa shape index (κ2) is 4.46. The lowest BCUT2D eigenvalue weighted by Crippen LogP contribution is -1.83. The number of thiophene rings is 1. The van der Waals surface area contributed by atoms with Crippen LogP contribution in [0.1, 0.15) is 11.8 Å². The minimum absolute atomic E-state index is 0.919. The molecule has 0 unspecified atom stereocenters. The minimum atomic E-state index is 0.919. The molecule has 0 amide bonds. The van der Waals surface area contributed by atoms with Gasteiger partial charge in [0.1, 0.15) is 0 Å². The van der Waals surface area contributed by atoms with Crippen molar-refractivity contribution >= 4 is 27.1 Å². The Kier molecular flexibility index (Phi) is 2.80. The van der Waals surface area contributed by atoms with Gasteiger partial charge in [-0.05, 0) is 34.9 Å². The van der Waals surface area contributed by atoms with Gasteiger partial charge in [0.15, 0.2) is 0 Å². The third-order valence-corrected chi connectivity index (χ3v) is 4.33. The summed E-state index contributed by atoms with van der Waals surface area (Å²) in [7, 11) is 0. The maximum absolute atomic E-state index is 6.11. The molecule has 0 saturated carbocycles. The average Bonchev–Trinajstić information content (AvgIpc) is 2.79. The van der Waals surface area contributed by atoms with E-state index in [1.165, 1.54) is 26.8 Å². The largest absolute Gasteiger partial charge is 0.390 e. The van der Waals surface area contributed by atoms with Crippen LogP contribution < -0.4 is 5.73 Å². The fourth-order valence-corrected chi connectivity index (χ4v) is 3.10. The van der Waals surface area contributed by atoms with E-state index in [4.69, 9.17) is 5.73 Å². The number of hydrogen-bond acceptors (Lipinski definition) is 2. The van der Waals surface area contributed by atoms with E-state index in [9.17, 15) is 0 Å². The highest BCUT2D eigenvalue weighted by Gasteiger charge is 2.08. The van der Waals surface area contributed by atoms with E-state index in [1.54, 1.807) is 11.3 Å². The van der Waals surface area contributed by atoms with Gasteiger partial charge in [0, 0.05) is 10.4 Å². The van der Waals surface area contributed by atoms with Gasteiger partial charge in [-0.1, -0.05) is 43.3 Å². The molecule has 18 heavy (non-hydrogen) atoms. The fourth-order valence-electron chi connectivity index (χ4n) is 2.21. The molecule has 0 fully saturated rings. The summed E-state index contributed by atoms with van der Waals surface area (Å²) in [5.74, 6) is 0. The molecule has 3 aromatic rings. The van der Waals surface area contributed by atoms with Crippen molar-refractivity contribution in [1.29, 1.82) is 0 Å². The predicted octanol–water partition coefficient (Wildman–Crippen LogP) is 4.71. The highest BCUT2D eigenvalue weighted by Crippen LogP contribution is 2.35. The van der Waals surface area contributed by atoms with Crippen molar-refractivity contribution in [2.45, 2.75) is 13.3 Å². The Morgan fingerprint density at radius 2 is 1.78 bits per heavy atom. The van der Waals surface area contributed by atoms with Crippen LogP contribution in [0.15, 0.2) is 48.5 Å². The maximum Gasteiger partial charge on any atom is 0.0938 e. The number of fused-ring (bicyclic) bond motifs is 1. The molecule has 2 N–H and O–H groups in total. The van der Waals surface area contributed by atoms with Crippen molar-refractivity contribution in [3.63, 3.8) is 0 Å². The van der Waals surface area contributed by atoms with E-state index >= 15 is 0 Å².